The first-order valence-corrected chi connectivity index (χ1v) is 10.8. The van der Waals surface area contributed by atoms with Crippen LogP contribution in [0.3, 0.4) is 0 Å². The van der Waals surface area contributed by atoms with Gasteiger partial charge in [-0.15, -0.1) is 0 Å². The summed E-state index contributed by atoms with van der Waals surface area (Å²) in [6.45, 7) is 10.7. The highest BCUT2D eigenvalue weighted by Gasteiger charge is 2.18. The fraction of sp³-hybridized carbons (Fsp3) is 0.458. The minimum absolute atomic E-state index is 0.339. The predicted octanol–water partition coefficient (Wildman–Crippen LogP) is 5.96. The van der Waals surface area contributed by atoms with Gasteiger partial charge in [0.15, 0.2) is 5.11 Å². The number of anilines is 1. The Balaban J connectivity index is 2.24. The molecule has 0 unspecified atom stereocenters. The Labute approximate surface area is 181 Å². The van der Waals surface area contributed by atoms with E-state index in [1.807, 2.05) is 30.3 Å². The smallest absolute Gasteiger partial charge is 0.170 e. The largest absolute Gasteiger partial charge is 0.457 e. The fourth-order valence-electron chi connectivity index (χ4n) is 3.15. The van der Waals surface area contributed by atoms with Gasteiger partial charge in [0.2, 0.25) is 0 Å². The molecule has 0 fully saturated rings. The summed E-state index contributed by atoms with van der Waals surface area (Å²) in [4.78, 5) is 2.18. The third-order valence-corrected chi connectivity index (χ3v) is 4.95. The van der Waals surface area contributed by atoms with Crippen molar-refractivity contribution >= 4 is 23.0 Å². The minimum Gasteiger partial charge on any atom is -0.457 e. The van der Waals surface area contributed by atoms with Gasteiger partial charge in [-0.1, -0.05) is 45.9 Å². The van der Waals surface area contributed by atoms with Crippen LogP contribution in [0.1, 0.15) is 57.1 Å². The molecule has 29 heavy (non-hydrogen) atoms. The van der Waals surface area contributed by atoms with E-state index in [4.69, 9.17) is 17.0 Å². The first kappa shape index (κ1) is 23.2. The van der Waals surface area contributed by atoms with Crippen molar-refractivity contribution in [1.82, 2.24) is 10.2 Å². The van der Waals surface area contributed by atoms with Gasteiger partial charge in [0.1, 0.15) is 11.5 Å². The van der Waals surface area contributed by atoms with Gasteiger partial charge in [0.05, 0.1) is 0 Å². The Bertz CT molecular complexity index is 759. The van der Waals surface area contributed by atoms with Crippen LogP contribution in [-0.4, -0.2) is 37.2 Å². The van der Waals surface area contributed by atoms with Crippen LogP contribution in [0.4, 0.5) is 5.69 Å². The third-order valence-electron chi connectivity index (χ3n) is 4.70. The van der Waals surface area contributed by atoms with Crippen molar-refractivity contribution in [3.8, 4) is 11.5 Å². The Morgan fingerprint density at radius 1 is 0.966 bits per heavy atom. The van der Waals surface area contributed by atoms with Crippen molar-refractivity contribution in [2.75, 3.05) is 32.5 Å². The molecule has 158 valence electrons. The van der Waals surface area contributed by atoms with E-state index in [9.17, 15) is 0 Å². The minimum atomic E-state index is 0.339. The molecule has 0 saturated carbocycles. The molecule has 0 atom stereocenters. The highest BCUT2D eigenvalue weighted by Crippen LogP contribution is 2.37. The lowest BCUT2D eigenvalue weighted by atomic mass is 9.92. The number of rotatable bonds is 9. The Morgan fingerprint density at radius 3 is 2.07 bits per heavy atom. The van der Waals surface area contributed by atoms with Crippen molar-refractivity contribution in [1.29, 1.82) is 0 Å². The standard InChI is InChI=1S/C24H35N3OS/c1-17(2)21-15-20(28-19-11-8-7-9-12-19)16-22(18(3)4)23(21)26-24(29)25-13-10-14-27(5)6/h7-9,11-12,15-18H,10,13-14H2,1-6H3,(H2,25,26,29). The average molecular weight is 414 g/mol. The van der Waals surface area contributed by atoms with E-state index < -0.39 is 0 Å². The molecule has 2 aromatic rings. The normalized spacial score (nSPS) is 11.2. The lowest BCUT2D eigenvalue weighted by Crippen LogP contribution is -2.31. The van der Waals surface area contributed by atoms with Gasteiger partial charge in [-0.2, -0.15) is 0 Å². The van der Waals surface area contributed by atoms with E-state index in [2.05, 4.69) is 69.5 Å². The topological polar surface area (TPSA) is 36.5 Å². The van der Waals surface area contributed by atoms with Crippen LogP contribution in [0.15, 0.2) is 42.5 Å². The molecular weight excluding hydrogens is 378 g/mol. The van der Waals surface area contributed by atoms with Crippen LogP contribution >= 0.6 is 12.2 Å². The molecule has 0 saturated heterocycles. The van der Waals surface area contributed by atoms with Crippen LogP contribution in [0.5, 0.6) is 11.5 Å². The zero-order chi connectivity index (χ0) is 21.4. The van der Waals surface area contributed by atoms with Gasteiger partial charge in [-0.3, -0.25) is 0 Å². The molecule has 2 N–H and O–H groups in total. The summed E-state index contributed by atoms with van der Waals surface area (Å²) in [5.74, 6) is 2.38. The molecule has 0 aliphatic heterocycles. The summed E-state index contributed by atoms with van der Waals surface area (Å²) in [6.07, 6.45) is 1.05. The first-order valence-electron chi connectivity index (χ1n) is 10.4. The van der Waals surface area contributed by atoms with E-state index in [1.165, 1.54) is 11.1 Å². The molecule has 5 heteroatoms. The van der Waals surface area contributed by atoms with E-state index >= 15 is 0 Å². The van der Waals surface area contributed by atoms with Crippen LogP contribution in [0.2, 0.25) is 0 Å². The van der Waals surface area contributed by atoms with Crippen LogP contribution in [0.25, 0.3) is 0 Å². The van der Waals surface area contributed by atoms with E-state index in [1.54, 1.807) is 0 Å². The van der Waals surface area contributed by atoms with Gasteiger partial charge in [-0.05, 0) is 86.5 Å². The summed E-state index contributed by atoms with van der Waals surface area (Å²) < 4.78 is 6.14. The maximum absolute atomic E-state index is 6.14. The fourth-order valence-corrected chi connectivity index (χ4v) is 3.36. The van der Waals surface area contributed by atoms with Crippen LogP contribution < -0.4 is 15.4 Å². The molecule has 0 aliphatic rings. The summed E-state index contributed by atoms with van der Waals surface area (Å²) in [7, 11) is 4.17. The zero-order valence-electron chi connectivity index (χ0n) is 18.6. The lowest BCUT2D eigenvalue weighted by Gasteiger charge is -2.23. The number of hydrogen-bond acceptors (Lipinski definition) is 3. The quantitative estimate of drug-likeness (QED) is 0.392. The lowest BCUT2D eigenvalue weighted by molar-refractivity contribution is 0.400. The highest BCUT2D eigenvalue weighted by molar-refractivity contribution is 7.80. The maximum atomic E-state index is 6.14. The third kappa shape index (κ3) is 7.33. The molecule has 2 aromatic carbocycles. The Hall–Kier alpha value is -2.11. The number of thiocarbonyl (C=S) groups is 1. The van der Waals surface area contributed by atoms with E-state index in [0.717, 1.165) is 36.7 Å². The number of nitrogens with one attached hydrogen (secondary N) is 2. The molecule has 0 spiro atoms. The molecule has 0 amide bonds. The molecular formula is C24H35N3OS. The highest BCUT2D eigenvalue weighted by atomic mass is 32.1. The van der Waals surface area contributed by atoms with Crippen LogP contribution in [-0.2, 0) is 0 Å². The van der Waals surface area contributed by atoms with E-state index in [-0.39, 0.29) is 0 Å². The number of ether oxygens (including phenoxy) is 1. The second-order valence-electron chi connectivity index (χ2n) is 8.24. The molecule has 0 heterocycles. The van der Waals surface area contributed by atoms with Crippen molar-refractivity contribution in [2.45, 2.75) is 46.0 Å². The average Bonchev–Trinajstić information content (AvgIpc) is 2.66. The van der Waals surface area contributed by atoms with Crippen LogP contribution in [0, 0.1) is 0 Å². The molecule has 0 bridgehead atoms. The SMILES string of the molecule is CC(C)c1cc(Oc2ccccc2)cc(C(C)C)c1NC(=S)NCCCN(C)C. The van der Waals surface area contributed by atoms with E-state index in [0.29, 0.717) is 16.9 Å². The second-order valence-corrected chi connectivity index (χ2v) is 8.65. The predicted molar refractivity (Wildman–Crippen MR) is 129 cm³/mol. The number of hydrogen-bond donors (Lipinski definition) is 2. The maximum Gasteiger partial charge on any atom is 0.170 e. The van der Waals surface area contributed by atoms with Gasteiger partial charge >= 0.3 is 0 Å². The second kappa shape index (κ2) is 11.2. The van der Waals surface area contributed by atoms with Gasteiger partial charge in [0, 0.05) is 12.2 Å². The van der Waals surface area contributed by atoms with Gasteiger partial charge in [-0.25, -0.2) is 0 Å². The Morgan fingerprint density at radius 2 is 1.55 bits per heavy atom. The molecule has 0 radical (unpaired) electrons. The summed E-state index contributed by atoms with van der Waals surface area (Å²) in [5, 5.41) is 7.48. The van der Waals surface area contributed by atoms with Gasteiger partial charge < -0.3 is 20.3 Å². The summed E-state index contributed by atoms with van der Waals surface area (Å²) >= 11 is 5.58. The summed E-state index contributed by atoms with van der Waals surface area (Å²) in [5.41, 5.74) is 3.51. The number of benzene rings is 2. The molecule has 2 rings (SSSR count). The van der Waals surface area contributed by atoms with Crippen molar-refractivity contribution in [3.05, 3.63) is 53.6 Å². The van der Waals surface area contributed by atoms with Crippen molar-refractivity contribution in [3.63, 3.8) is 0 Å². The summed E-state index contributed by atoms with van der Waals surface area (Å²) in [6, 6.07) is 14.2. The monoisotopic (exact) mass is 413 g/mol. The molecule has 4 nitrogen and oxygen atoms in total. The first-order chi connectivity index (χ1) is 13.8. The molecule has 0 aliphatic carbocycles. The number of para-hydroxylation sites is 1. The number of nitrogens with zero attached hydrogens (tertiary/aromatic N) is 1. The van der Waals surface area contributed by atoms with Gasteiger partial charge in [0.25, 0.3) is 0 Å². The van der Waals surface area contributed by atoms with Crippen molar-refractivity contribution in [2.24, 2.45) is 0 Å². The zero-order valence-corrected chi connectivity index (χ0v) is 19.4. The molecule has 0 aromatic heterocycles. The Kier molecular flexibility index (Phi) is 8.93. The van der Waals surface area contributed by atoms with Crippen molar-refractivity contribution < 1.29 is 4.74 Å².